The number of benzene rings is 1. The van der Waals surface area contributed by atoms with Crippen LogP contribution in [0.1, 0.15) is 57.8 Å². The zero-order chi connectivity index (χ0) is 15.7. The highest BCUT2D eigenvalue weighted by Crippen LogP contribution is 2.09. The Bertz CT molecular complexity index is 348. The van der Waals surface area contributed by atoms with Crippen LogP contribution in [-0.2, 0) is 4.74 Å². The second kappa shape index (κ2) is 14.6. The second-order valence-corrected chi connectivity index (χ2v) is 5.68. The molecule has 2 nitrogen and oxygen atoms in total. The molecule has 1 aromatic carbocycles. The first-order valence-corrected chi connectivity index (χ1v) is 8.80. The van der Waals surface area contributed by atoms with E-state index in [4.69, 9.17) is 9.47 Å². The van der Waals surface area contributed by atoms with E-state index in [-0.39, 0.29) is 0 Å². The molecule has 0 aromatic heterocycles. The van der Waals surface area contributed by atoms with Gasteiger partial charge in [-0.05, 0) is 31.4 Å². The first-order valence-electron chi connectivity index (χ1n) is 8.80. The van der Waals surface area contributed by atoms with E-state index in [0.717, 1.165) is 32.0 Å². The van der Waals surface area contributed by atoms with Gasteiger partial charge in [0.05, 0.1) is 6.61 Å². The maximum atomic E-state index is 5.64. The van der Waals surface area contributed by atoms with Crippen molar-refractivity contribution in [3.05, 3.63) is 43.0 Å². The molecule has 0 saturated carbocycles. The molecule has 0 spiro atoms. The van der Waals surface area contributed by atoms with Gasteiger partial charge in [-0.25, -0.2) is 0 Å². The van der Waals surface area contributed by atoms with Gasteiger partial charge in [-0.1, -0.05) is 56.4 Å². The Labute approximate surface area is 136 Å². The minimum absolute atomic E-state index is 0.731. The van der Waals surface area contributed by atoms with Crippen molar-refractivity contribution in [3.63, 3.8) is 0 Å². The summed E-state index contributed by atoms with van der Waals surface area (Å²) in [7, 11) is 0. The molecule has 0 heterocycles. The van der Waals surface area contributed by atoms with Gasteiger partial charge in [0.2, 0.25) is 0 Å². The summed E-state index contributed by atoms with van der Waals surface area (Å²) in [6, 6.07) is 9.95. The van der Waals surface area contributed by atoms with Crippen LogP contribution in [-0.4, -0.2) is 19.8 Å². The van der Waals surface area contributed by atoms with E-state index in [1.165, 1.54) is 51.4 Å². The van der Waals surface area contributed by atoms with E-state index in [1.807, 2.05) is 36.4 Å². The number of rotatable bonds is 15. The van der Waals surface area contributed by atoms with Gasteiger partial charge in [-0.15, -0.1) is 6.58 Å². The van der Waals surface area contributed by atoms with Crippen molar-refractivity contribution in [1.82, 2.24) is 0 Å². The van der Waals surface area contributed by atoms with Crippen molar-refractivity contribution >= 4 is 0 Å². The summed E-state index contributed by atoms with van der Waals surface area (Å²) < 4.78 is 11.3. The third-order valence-corrected chi connectivity index (χ3v) is 3.64. The number of ether oxygens (including phenoxy) is 2. The molecule has 0 aliphatic rings. The fourth-order valence-electron chi connectivity index (χ4n) is 2.35. The summed E-state index contributed by atoms with van der Waals surface area (Å²) >= 11 is 0. The molecule has 0 radical (unpaired) electrons. The van der Waals surface area contributed by atoms with Crippen molar-refractivity contribution in [2.45, 2.75) is 57.8 Å². The van der Waals surface area contributed by atoms with Crippen molar-refractivity contribution in [1.29, 1.82) is 0 Å². The Morgan fingerprint density at radius 2 is 1.36 bits per heavy atom. The SMILES string of the molecule is C=CCCCCCCCCCOCCCOc1ccccc1. The molecule has 124 valence electrons. The molecule has 22 heavy (non-hydrogen) atoms. The van der Waals surface area contributed by atoms with Crippen LogP contribution in [0.4, 0.5) is 0 Å². The minimum atomic E-state index is 0.731. The number of unbranched alkanes of at least 4 members (excludes halogenated alkanes) is 7. The van der Waals surface area contributed by atoms with Gasteiger partial charge in [0.25, 0.3) is 0 Å². The number of hydrogen-bond acceptors (Lipinski definition) is 2. The molecule has 0 bridgehead atoms. The van der Waals surface area contributed by atoms with E-state index in [0.29, 0.717) is 0 Å². The van der Waals surface area contributed by atoms with Crippen LogP contribution in [0.3, 0.4) is 0 Å². The summed E-state index contributed by atoms with van der Waals surface area (Å²) in [6.45, 7) is 6.17. The molecule has 0 amide bonds. The second-order valence-electron chi connectivity index (χ2n) is 5.68. The number of para-hydroxylation sites is 1. The zero-order valence-corrected chi connectivity index (χ0v) is 14.0. The van der Waals surface area contributed by atoms with Crippen LogP contribution in [0, 0.1) is 0 Å². The molecule has 0 atom stereocenters. The van der Waals surface area contributed by atoms with Crippen molar-refractivity contribution in [3.8, 4) is 5.75 Å². The molecule has 0 fully saturated rings. The lowest BCUT2D eigenvalue weighted by molar-refractivity contribution is 0.115. The molecular formula is C20H32O2. The van der Waals surface area contributed by atoms with Crippen LogP contribution < -0.4 is 4.74 Å². The topological polar surface area (TPSA) is 18.5 Å². The molecule has 0 N–H and O–H groups in total. The van der Waals surface area contributed by atoms with E-state index in [1.54, 1.807) is 0 Å². The average Bonchev–Trinajstić information content (AvgIpc) is 2.56. The van der Waals surface area contributed by atoms with Gasteiger partial charge >= 0.3 is 0 Å². The third kappa shape index (κ3) is 11.4. The normalized spacial score (nSPS) is 10.5. The van der Waals surface area contributed by atoms with E-state index >= 15 is 0 Å². The molecule has 1 rings (SSSR count). The Morgan fingerprint density at radius 1 is 0.727 bits per heavy atom. The summed E-state index contributed by atoms with van der Waals surface area (Å²) in [6.07, 6.45) is 13.3. The van der Waals surface area contributed by atoms with Crippen LogP contribution >= 0.6 is 0 Å². The smallest absolute Gasteiger partial charge is 0.119 e. The van der Waals surface area contributed by atoms with Crippen molar-refractivity contribution < 1.29 is 9.47 Å². The summed E-state index contributed by atoms with van der Waals surface area (Å²) in [4.78, 5) is 0. The highest BCUT2D eigenvalue weighted by Gasteiger charge is 1.94. The Kier molecular flexibility index (Phi) is 12.5. The summed E-state index contributed by atoms with van der Waals surface area (Å²) in [5.41, 5.74) is 0. The largest absolute Gasteiger partial charge is 0.494 e. The number of allylic oxidation sites excluding steroid dienone is 1. The predicted octanol–water partition coefficient (Wildman–Crippen LogP) is 5.78. The van der Waals surface area contributed by atoms with Gasteiger partial charge < -0.3 is 9.47 Å². The van der Waals surface area contributed by atoms with Gasteiger partial charge in [0, 0.05) is 19.6 Å². The quantitative estimate of drug-likeness (QED) is 0.302. The van der Waals surface area contributed by atoms with E-state index < -0.39 is 0 Å². The van der Waals surface area contributed by atoms with E-state index in [2.05, 4.69) is 6.58 Å². The van der Waals surface area contributed by atoms with Crippen LogP contribution in [0.2, 0.25) is 0 Å². The fourth-order valence-corrected chi connectivity index (χ4v) is 2.35. The van der Waals surface area contributed by atoms with Gasteiger partial charge in [0.1, 0.15) is 5.75 Å². The lowest BCUT2D eigenvalue weighted by Gasteiger charge is -2.07. The summed E-state index contributed by atoms with van der Waals surface area (Å²) in [5.74, 6) is 0.940. The van der Waals surface area contributed by atoms with Crippen LogP contribution in [0.25, 0.3) is 0 Å². The average molecular weight is 304 g/mol. The standard InChI is InChI=1S/C20H32O2/c1-2-3-4-5-6-7-8-9-13-17-21-18-14-19-22-20-15-11-10-12-16-20/h2,10-12,15-16H,1,3-9,13-14,17-19H2. The molecule has 0 unspecified atom stereocenters. The third-order valence-electron chi connectivity index (χ3n) is 3.64. The number of hydrogen-bond donors (Lipinski definition) is 0. The zero-order valence-electron chi connectivity index (χ0n) is 14.0. The Hall–Kier alpha value is -1.28. The molecule has 1 aromatic rings. The van der Waals surface area contributed by atoms with Crippen molar-refractivity contribution in [2.75, 3.05) is 19.8 Å². The van der Waals surface area contributed by atoms with Crippen molar-refractivity contribution in [2.24, 2.45) is 0 Å². The lowest BCUT2D eigenvalue weighted by Crippen LogP contribution is -2.04. The lowest BCUT2D eigenvalue weighted by atomic mass is 10.1. The molecule has 0 saturated heterocycles. The molecule has 0 aliphatic heterocycles. The van der Waals surface area contributed by atoms with E-state index in [9.17, 15) is 0 Å². The van der Waals surface area contributed by atoms with Gasteiger partial charge in [-0.2, -0.15) is 0 Å². The Balaban J connectivity index is 1.74. The van der Waals surface area contributed by atoms with Crippen LogP contribution in [0.5, 0.6) is 5.75 Å². The first kappa shape index (κ1) is 18.8. The Morgan fingerprint density at radius 3 is 2.09 bits per heavy atom. The van der Waals surface area contributed by atoms with Gasteiger partial charge in [-0.3, -0.25) is 0 Å². The molecule has 0 aliphatic carbocycles. The molecular weight excluding hydrogens is 272 g/mol. The summed E-state index contributed by atoms with van der Waals surface area (Å²) in [5, 5.41) is 0. The highest BCUT2D eigenvalue weighted by molar-refractivity contribution is 5.20. The highest BCUT2D eigenvalue weighted by atomic mass is 16.5. The molecule has 2 heteroatoms. The van der Waals surface area contributed by atoms with Crippen LogP contribution in [0.15, 0.2) is 43.0 Å². The fraction of sp³-hybridized carbons (Fsp3) is 0.600. The van der Waals surface area contributed by atoms with Gasteiger partial charge in [0.15, 0.2) is 0 Å². The predicted molar refractivity (Wildman–Crippen MR) is 94.5 cm³/mol. The minimum Gasteiger partial charge on any atom is -0.494 e. The maximum absolute atomic E-state index is 5.64. The maximum Gasteiger partial charge on any atom is 0.119 e. The monoisotopic (exact) mass is 304 g/mol. The first-order chi connectivity index (χ1) is 10.9.